The van der Waals surface area contributed by atoms with E-state index in [-0.39, 0.29) is 18.0 Å². The number of hydrogen-bond donors (Lipinski definition) is 1. The summed E-state index contributed by atoms with van der Waals surface area (Å²) in [5.74, 6) is -0.246. The predicted octanol–water partition coefficient (Wildman–Crippen LogP) is 1.63. The lowest BCUT2D eigenvalue weighted by molar-refractivity contribution is 0.0946. The van der Waals surface area contributed by atoms with E-state index in [0.717, 1.165) is 10.4 Å². The summed E-state index contributed by atoms with van der Waals surface area (Å²) in [5, 5.41) is 10.9. The number of aryl methyl sites for hydroxylation is 2. The van der Waals surface area contributed by atoms with Gasteiger partial charge in [0, 0.05) is 17.8 Å². The van der Waals surface area contributed by atoms with Gasteiger partial charge in [-0.1, -0.05) is 18.2 Å². The molecule has 0 aliphatic rings. The van der Waals surface area contributed by atoms with Crippen LogP contribution in [0, 0.1) is 6.92 Å². The summed E-state index contributed by atoms with van der Waals surface area (Å²) in [7, 11) is 1.60. The van der Waals surface area contributed by atoms with Gasteiger partial charge in [-0.25, -0.2) is 9.67 Å². The smallest absolute Gasteiger partial charge is 0.274 e. The van der Waals surface area contributed by atoms with Crippen molar-refractivity contribution in [2.75, 3.05) is 0 Å². The zero-order valence-corrected chi connectivity index (χ0v) is 13.0. The van der Waals surface area contributed by atoms with Gasteiger partial charge in [-0.2, -0.15) is 5.10 Å². The number of nitrogens with zero attached hydrogens (tertiary/aromatic N) is 3. The number of benzene rings is 1. The molecule has 1 aromatic carbocycles. The number of rotatable bonds is 3. The van der Waals surface area contributed by atoms with Crippen molar-refractivity contribution in [3.05, 3.63) is 56.4 Å². The number of thiazole rings is 1. The van der Waals surface area contributed by atoms with Gasteiger partial charge in [0.25, 0.3) is 11.5 Å². The molecule has 0 atom stereocenters. The number of aromatic nitrogens is 3. The molecule has 3 rings (SSSR count). The second kappa shape index (κ2) is 5.69. The van der Waals surface area contributed by atoms with E-state index < -0.39 is 0 Å². The van der Waals surface area contributed by atoms with Gasteiger partial charge in [0.15, 0.2) is 0 Å². The Morgan fingerprint density at radius 3 is 2.73 bits per heavy atom. The molecule has 6 nitrogen and oxygen atoms in total. The van der Waals surface area contributed by atoms with Crippen molar-refractivity contribution in [2.24, 2.45) is 7.05 Å². The Labute approximate surface area is 130 Å². The lowest BCUT2D eigenvalue weighted by Gasteiger charge is -2.08. The monoisotopic (exact) mass is 314 g/mol. The van der Waals surface area contributed by atoms with Crippen molar-refractivity contribution >= 4 is 28.0 Å². The highest BCUT2D eigenvalue weighted by Crippen LogP contribution is 2.13. The maximum absolute atomic E-state index is 12.1. The first-order valence-electron chi connectivity index (χ1n) is 6.71. The Balaban J connectivity index is 1.90. The number of fused-ring (bicyclic) bond motifs is 1. The quantitative estimate of drug-likeness (QED) is 0.797. The lowest BCUT2D eigenvalue weighted by Crippen LogP contribution is -2.27. The van der Waals surface area contributed by atoms with Gasteiger partial charge in [0.1, 0.15) is 5.69 Å². The Morgan fingerprint density at radius 2 is 2.05 bits per heavy atom. The molecule has 0 saturated carbocycles. The van der Waals surface area contributed by atoms with Gasteiger partial charge in [0.05, 0.1) is 22.6 Å². The van der Waals surface area contributed by atoms with Crippen LogP contribution in [0.4, 0.5) is 0 Å². The van der Waals surface area contributed by atoms with Crippen molar-refractivity contribution in [3.8, 4) is 0 Å². The van der Waals surface area contributed by atoms with Crippen LogP contribution >= 0.6 is 11.3 Å². The van der Waals surface area contributed by atoms with Gasteiger partial charge >= 0.3 is 0 Å². The standard InChI is InChI=1S/C15H14N4O2S/c1-9-17-13(8-22-9)14(20)16-7-12-10-5-3-4-6-11(10)15(21)19(2)18-12/h3-6,8H,7H2,1-2H3,(H,16,20). The third-order valence-electron chi connectivity index (χ3n) is 3.30. The fraction of sp³-hybridized carbons (Fsp3) is 0.200. The maximum atomic E-state index is 12.1. The minimum Gasteiger partial charge on any atom is -0.345 e. The molecule has 0 spiro atoms. The van der Waals surface area contributed by atoms with Crippen LogP contribution in [0.3, 0.4) is 0 Å². The molecule has 0 aliphatic heterocycles. The molecule has 1 N–H and O–H groups in total. The average molecular weight is 314 g/mol. The minimum atomic E-state index is -0.246. The molecule has 7 heteroatoms. The van der Waals surface area contributed by atoms with Crippen LogP contribution in [0.5, 0.6) is 0 Å². The second-order valence-corrected chi connectivity index (χ2v) is 5.92. The van der Waals surface area contributed by atoms with Gasteiger partial charge in [-0.3, -0.25) is 9.59 Å². The van der Waals surface area contributed by atoms with Crippen molar-refractivity contribution in [2.45, 2.75) is 13.5 Å². The normalized spacial score (nSPS) is 10.8. The summed E-state index contributed by atoms with van der Waals surface area (Å²) in [6.07, 6.45) is 0. The second-order valence-electron chi connectivity index (χ2n) is 4.86. The minimum absolute atomic E-state index is 0.152. The van der Waals surface area contributed by atoms with Gasteiger partial charge in [0.2, 0.25) is 0 Å². The highest BCUT2D eigenvalue weighted by molar-refractivity contribution is 7.09. The predicted molar refractivity (Wildman–Crippen MR) is 85.0 cm³/mol. The largest absolute Gasteiger partial charge is 0.345 e. The molecule has 1 amide bonds. The van der Waals surface area contributed by atoms with Crippen LogP contribution in [0.15, 0.2) is 34.4 Å². The summed E-state index contributed by atoms with van der Waals surface area (Å²) in [6.45, 7) is 2.09. The fourth-order valence-electron chi connectivity index (χ4n) is 2.23. The maximum Gasteiger partial charge on any atom is 0.274 e. The van der Waals surface area contributed by atoms with Crippen LogP contribution in [0.25, 0.3) is 10.8 Å². The Hall–Kier alpha value is -2.54. The van der Waals surface area contributed by atoms with Crippen molar-refractivity contribution in [1.82, 2.24) is 20.1 Å². The summed E-state index contributed by atoms with van der Waals surface area (Å²) in [4.78, 5) is 28.3. The Bertz CT molecular complexity index is 913. The highest BCUT2D eigenvalue weighted by Gasteiger charge is 2.12. The molecule has 22 heavy (non-hydrogen) atoms. The number of nitrogens with one attached hydrogen (secondary N) is 1. The first kappa shape index (κ1) is 14.4. The molecule has 2 heterocycles. The van der Waals surface area contributed by atoms with Crippen molar-refractivity contribution < 1.29 is 4.79 Å². The molecule has 0 bridgehead atoms. The highest BCUT2D eigenvalue weighted by atomic mass is 32.1. The van der Waals surface area contributed by atoms with E-state index in [9.17, 15) is 9.59 Å². The zero-order valence-electron chi connectivity index (χ0n) is 12.2. The first-order chi connectivity index (χ1) is 10.6. The molecular weight excluding hydrogens is 300 g/mol. The molecule has 0 saturated heterocycles. The number of hydrogen-bond acceptors (Lipinski definition) is 5. The Kier molecular flexibility index (Phi) is 3.72. The van der Waals surface area contributed by atoms with Crippen LogP contribution in [0.2, 0.25) is 0 Å². The third-order valence-corrected chi connectivity index (χ3v) is 4.07. The van der Waals surface area contributed by atoms with Crippen LogP contribution in [-0.2, 0) is 13.6 Å². The van der Waals surface area contributed by atoms with E-state index in [0.29, 0.717) is 16.8 Å². The number of carbonyl (C=O) groups excluding carboxylic acids is 1. The Morgan fingerprint density at radius 1 is 1.32 bits per heavy atom. The molecular formula is C15H14N4O2S. The fourth-order valence-corrected chi connectivity index (χ4v) is 2.82. The van der Waals surface area contributed by atoms with E-state index in [1.54, 1.807) is 18.5 Å². The molecule has 2 aromatic heterocycles. The molecule has 112 valence electrons. The molecule has 3 aromatic rings. The van der Waals surface area contributed by atoms with E-state index in [2.05, 4.69) is 15.4 Å². The SMILES string of the molecule is Cc1nc(C(=O)NCc2nn(C)c(=O)c3ccccc23)cs1. The summed E-state index contributed by atoms with van der Waals surface area (Å²) in [5.41, 5.74) is 0.899. The van der Waals surface area contributed by atoms with Crippen molar-refractivity contribution in [3.63, 3.8) is 0 Å². The van der Waals surface area contributed by atoms with E-state index in [4.69, 9.17) is 0 Å². The van der Waals surface area contributed by atoms with E-state index >= 15 is 0 Å². The van der Waals surface area contributed by atoms with Crippen LogP contribution < -0.4 is 10.9 Å². The summed E-state index contributed by atoms with van der Waals surface area (Å²) < 4.78 is 1.29. The van der Waals surface area contributed by atoms with E-state index in [1.165, 1.54) is 16.0 Å². The lowest BCUT2D eigenvalue weighted by atomic mass is 10.1. The van der Waals surface area contributed by atoms with Crippen LogP contribution in [0.1, 0.15) is 21.2 Å². The molecule has 0 aliphatic carbocycles. The van der Waals surface area contributed by atoms with Gasteiger partial charge < -0.3 is 5.32 Å². The van der Waals surface area contributed by atoms with Gasteiger partial charge in [-0.15, -0.1) is 11.3 Å². The molecule has 0 unspecified atom stereocenters. The first-order valence-corrected chi connectivity index (χ1v) is 7.59. The number of carbonyl (C=O) groups is 1. The zero-order chi connectivity index (χ0) is 15.7. The third kappa shape index (κ3) is 2.62. The topological polar surface area (TPSA) is 76.9 Å². The number of amides is 1. The summed E-state index contributed by atoms with van der Waals surface area (Å²) >= 11 is 1.43. The van der Waals surface area contributed by atoms with Gasteiger partial charge in [-0.05, 0) is 13.0 Å². The molecule has 0 fully saturated rings. The van der Waals surface area contributed by atoms with Crippen LogP contribution in [-0.4, -0.2) is 20.7 Å². The summed E-state index contributed by atoms with van der Waals surface area (Å²) in [6, 6.07) is 7.25. The van der Waals surface area contributed by atoms with Crippen molar-refractivity contribution in [1.29, 1.82) is 0 Å². The van der Waals surface area contributed by atoms with E-state index in [1.807, 2.05) is 25.1 Å². The average Bonchev–Trinajstić information content (AvgIpc) is 2.96. The molecule has 0 radical (unpaired) electrons.